The first kappa shape index (κ1) is 12.6. The predicted molar refractivity (Wildman–Crippen MR) is 73.3 cm³/mol. The Morgan fingerprint density at radius 3 is 3.10 bits per heavy atom. The van der Waals surface area contributed by atoms with E-state index in [2.05, 4.69) is 25.7 Å². The maximum atomic E-state index is 11.9. The molecule has 2 amide bonds. The van der Waals surface area contributed by atoms with Crippen LogP contribution in [0.2, 0.25) is 0 Å². The van der Waals surface area contributed by atoms with Crippen molar-refractivity contribution in [2.24, 2.45) is 0 Å². The lowest BCUT2D eigenvalue weighted by molar-refractivity contribution is 0.243. The van der Waals surface area contributed by atoms with Crippen LogP contribution in [-0.4, -0.2) is 31.8 Å². The summed E-state index contributed by atoms with van der Waals surface area (Å²) < 4.78 is 1.83. The van der Waals surface area contributed by atoms with Gasteiger partial charge in [0.2, 0.25) is 0 Å². The lowest BCUT2D eigenvalue weighted by Gasteiger charge is -2.23. The second-order valence-corrected chi connectivity index (χ2v) is 4.91. The lowest BCUT2D eigenvalue weighted by Crippen LogP contribution is -2.43. The molecule has 0 saturated carbocycles. The molecule has 0 bridgehead atoms. The van der Waals surface area contributed by atoms with Crippen LogP contribution in [0.3, 0.4) is 0 Å². The van der Waals surface area contributed by atoms with E-state index in [1.807, 2.05) is 17.7 Å². The highest BCUT2D eigenvalue weighted by atomic mass is 16.2. The summed E-state index contributed by atoms with van der Waals surface area (Å²) in [5.74, 6) is 1.52. The lowest BCUT2D eigenvalue weighted by atomic mass is 10.1. The molecule has 1 aliphatic rings. The molecular weight excluding hydrogens is 256 g/mol. The van der Waals surface area contributed by atoms with Crippen molar-refractivity contribution in [1.82, 2.24) is 25.1 Å². The average molecular weight is 272 g/mol. The molecule has 3 rings (SSSR count). The molecule has 2 aromatic rings. The summed E-state index contributed by atoms with van der Waals surface area (Å²) in [4.78, 5) is 20.2. The van der Waals surface area contributed by atoms with Crippen molar-refractivity contribution < 1.29 is 4.79 Å². The standard InChI is InChI=1S/C13H16N6O/c1-9-2-4-11(14-6-9)18-13(20)17-10-3-5-12-15-8-16-19(12)7-10/h2,4,6,8,10H,3,5,7H2,1H3,(H2,14,17,18,20). The van der Waals surface area contributed by atoms with Gasteiger partial charge in [0.25, 0.3) is 0 Å². The van der Waals surface area contributed by atoms with E-state index in [-0.39, 0.29) is 12.1 Å². The van der Waals surface area contributed by atoms with E-state index in [0.717, 1.165) is 24.2 Å². The number of aromatic nitrogens is 4. The Kier molecular flexibility index (Phi) is 3.32. The maximum Gasteiger partial charge on any atom is 0.320 e. The summed E-state index contributed by atoms with van der Waals surface area (Å²) >= 11 is 0. The zero-order chi connectivity index (χ0) is 13.9. The second-order valence-electron chi connectivity index (χ2n) is 4.91. The van der Waals surface area contributed by atoms with Gasteiger partial charge >= 0.3 is 6.03 Å². The van der Waals surface area contributed by atoms with E-state index in [9.17, 15) is 4.79 Å². The zero-order valence-electron chi connectivity index (χ0n) is 11.2. The van der Waals surface area contributed by atoms with Gasteiger partial charge < -0.3 is 5.32 Å². The summed E-state index contributed by atoms with van der Waals surface area (Å²) in [6, 6.07) is 3.51. The van der Waals surface area contributed by atoms with Gasteiger partial charge in [0.05, 0.1) is 12.6 Å². The molecule has 0 fully saturated rings. The van der Waals surface area contributed by atoms with E-state index in [1.54, 1.807) is 18.6 Å². The molecule has 20 heavy (non-hydrogen) atoms. The molecule has 3 heterocycles. The van der Waals surface area contributed by atoms with Crippen molar-refractivity contribution in [2.45, 2.75) is 32.4 Å². The minimum Gasteiger partial charge on any atom is -0.333 e. The molecule has 1 atom stereocenters. The highest BCUT2D eigenvalue weighted by Gasteiger charge is 2.21. The molecule has 1 aliphatic heterocycles. The van der Waals surface area contributed by atoms with Gasteiger partial charge in [-0.2, -0.15) is 5.10 Å². The molecule has 2 aromatic heterocycles. The van der Waals surface area contributed by atoms with Crippen molar-refractivity contribution >= 4 is 11.8 Å². The highest BCUT2D eigenvalue weighted by Crippen LogP contribution is 2.11. The first-order chi connectivity index (χ1) is 9.70. The quantitative estimate of drug-likeness (QED) is 0.858. The van der Waals surface area contributed by atoms with Crippen molar-refractivity contribution in [3.63, 3.8) is 0 Å². The second kappa shape index (κ2) is 5.28. The van der Waals surface area contributed by atoms with Crippen LogP contribution < -0.4 is 10.6 Å². The minimum absolute atomic E-state index is 0.0645. The van der Waals surface area contributed by atoms with E-state index in [0.29, 0.717) is 12.4 Å². The van der Waals surface area contributed by atoms with Crippen LogP contribution in [0, 0.1) is 6.92 Å². The molecule has 2 N–H and O–H groups in total. The third kappa shape index (κ3) is 2.76. The van der Waals surface area contributed by atoms with Gasteiger partial charge in [-0.1, -0.05) is 6.07 Å². The maximum absolute atomic E-state index is 11.9. The molecule has 0 aliphatic carbocycles. The summed E-state index contributed by atoms with van der Waals surface area (Å²) in [6.07, 6.45) is 4.97. The fourth-order valence-corrected chi connectivity index (χ4v) is 2.23. The Hall–Kier alpha value is -2.44. The fraction of sp³-hybridized carbons (Fsp3) is 0.385. The first-order valence-corrected chi connectivity index (χ1v) is 6.57. The fourth-order valence-electron chi connectivity index (χ4n) is 2.23. The number of carbonyl (C=O) groups is 1. The van der Waals surface area contributed by atoms with Crippen molar-refractivity contribution in [3.05, 3.63) is 36.0 Å². The zero-order valence-corrected chi connectivity index (χ0v) is 11.2. The third-order valence-corrected chi connectivity index (χ3v) is 3.29. The molecule has 7 heteroatoms. The van der Waals surface area contributed by atoms with Gasteiger partial charge in [-0.3, -0.25) is 5.32 Å². The Balaban J connectivity index is 1.56. The smallest absolute Gasteiger partial charge is 0.320 e. The summed E-state index contributed by atoms with van der Waals surface area (Å²) in [5, 5.41) is 9.79. The summed E-state index contributed by atoms with van der Waals surface area (Å²) in [5.41, 5.74) is 1.06. The number of pyridine rings is 1. The van der Waals surface area contributed by atoms with E-state index < -0.39 is 0 Å². The number of carbonyl (C=O) groups excluding carboxylic acids is 1. The highest BCUT2D eigenvalue weighted by molar-refractivity contribution is 5.88. The molecule has 0 aromatic carbocycles. The van der Waals surface area contributed by atoms with Crippen LogP contribution >= 0.6 is 0 Å². The van der Waals surface area contributed by atoms with Gasteiger partial charge in [0.1, 0.15) is 18.0 Å². The van der Waals surface area contributed by atoms with Gasteiger partial charge in [-0.05, 0) is 25.0 Å². The molecule has 0 radical (unpaired) electrons. The van der Waals surface area contributed by atoms with Crippen molar-refractivity contribution in [1.29, 1.82) is 0 Å². The summed E-state index contributed by atoms with van der Waals surface area (Å²) in [7, 11) is 0. The predicted octanol–water partition coefficient (Wildman–Crippen LogP) is 1.12. The molecule has 0 spiro atoms. The molecule has 7 nitrogen and oxygen atoms in total. The van der Waals surface area contributed by atoms with Crippen LogP contribution in [0.4, 0.5) is 10.6 Å². The van der Waals surface area contributed by atoms with Gasteiger partial charge in [0.15, 0.2) is 0 Å². The number of hydrogen-bond acceptors (Lipinski definition) is 4. The number of fused-ring (bicyclic) bond motifs is 1. The third-order valence-electron chi connectivity index (χ3n) is 3.29. The number of amides is 2. The molecule has 1 unspecified atom stereocenters. The molecule has 104 valence electrons. The minimum atomic E-state index is -0.241. The Morgan fingerprint density at radius 2 is 2.30 bits per heavy atom. The number of anilines is 1. The van der Waals surface area contributed by atoms with E-state index in [4.69, 9.17) is 0 Å². The number of nitrogens with zero attached hydrogens (tertiary/aromatic N) is 4. The van der Waals surface area contributed by atoms with Gasteiger partial charge in [-0.25, -0.2) is 19.4 Å². The van der Waals surface area contributed by atoms with Crippen molar-refractivity contribution in [3.8, 4) is 0 Å². The Bertz CT molecular complexity index is 606. The monoisotopic (exact) mass is 272 g/mol. The van der Waals surface area contributed by atoms with E-state index >= 15 is 0 Å². The SMILES string of the molecule is Cc1ccc(NC(=O)NC2CCc3ncnn3C2)nc1. The largest absolute Gasteiger partial charge is 0.333 e. The topological polar surface area (TPSA) is 84.7 Å². The number of aryl methyl sites for hydroxylation is 2. The number of urea groups is 1. The number of nitrogens with one attached hydrogen (secondary N) is 2. The Morgan fingerprint density at radius 1 is 1.40 bits per heavy atom. The average Bonchev–Trinajstić information content (AvgIpc) is 2.89. The first-order valence-electron chi connectivity index (χ1n) is 6.57. The van der Waals surface area contributed by atoms with Crippen molar-refractivity contribution in [2.75, 3.05) is 5.32 Å². The molecule has 0 saturated heterocycles. The van der Waals surface area contributed by atoms with E-state index in [1.165, 1.54) is 0 Å². The number of rotatable bonds is 2. The Labute approximate surface area is 116 Å². The number of hydrogen-bond donors (Lipinski definition) is 2. The molecular formula is C13H16N6O. The van der Waals surface area contributed by atoms with Crippen LogP contribution in [0.15, 0.2) is 24.7 Å². The van der Waals surface area contributed by atoms with Crippen LogP contribution in [0.5, 0.6) is 0 Å². The van der Waals surface area contributed by atoms with Crippen LogP contribution in [0.1, 0.15) is 17.8 Å². The van der Waals surface area contributed by atoms with Gasteiger partial charge in [0, 0.05) is 12.6 Å². The summed E-state index contributed by atoms with van der Waals surface area (Å²) in [6.45, 7) is 2.61. The van der Waals surface area contributed by atoms with Crippen LogP contribution in [0.25, 0.3) is 0 Å². The van der Waals surface area contributed by atoms with Crippen LogP contribution in [-0.2, 0) is 13.0 Å². The van der Waals surface area contributed by atoms with Gasteiger partial charge in [-0.15, -0.1) is 0 Å². The normalized spacial score (nSPS) is 17.4.